The molecule has 0 saturated carbocycles. The van der Waals surface area contributed by atoms with Crippen LogP contribution in [0.15, 0.2) is 24.4 Å². The van der Waals surface area contributed by atoms with Gasteiger partial charge < -0.3 is 10.1 Å². The molecule has 2 heterocycles. The van der Waals surface area contributed by atoms with E-state index in [1.807, 2.05) is 18.2 Å². The smallest absolute Gasteiger partial charge is 0.234 e. The van der Waals surface area contributed by atoms with E-state index in [1.165, 1.54) is 0 Å². The number of aryl methyl sites for hydroxylation is 1. The third-order valence-corrected chi connectivity index (χ3v) is 3.44. The number of hydrogen-bond donors (Lipinski definition) is 2. The zero-order valence-electron chi connectivity index (χ0n) is 14.8. The number of ether oxygens (including phenoxy) is 1. The summed E-state index contributed by atoms with van der Waals surface area (Å²) < 4.78 is 5.72. The van der Waals surface area contributed by atoms with E-state index >= 15 is 0 Å². The van der Waals surface area contributed by atoms with Gasteiger partial charge in [-0.2, -0.15) is 15.0 Å². The highest BCUT2D eigenvalue weighted by molar-refractivity contribution is 5.88. The van der Waals surface area contributed by atoms with Crippen LogP contribution in [0.5, 0.6) is 0 Å². The summed E-state index contributed by atoms with van der Waals surface area (Å²) in [5.74, 6) is 1.08. The third kappa shape index (κ3) is 6.42. The summed E-state index contributed by atoms with van der Waals surface area (Å²) in [7, 11) is 0. The van der Waals surface area contributed by atoms with Gasteiger partial charge in [-0.1, -0.05) is 19.9 Å². The second kappa shape index (κ2) is 9.63. The summed E-state index contributed by atoms with van der Waals surface area (Å²) in [6.07, 6.45) is 2.95. The second-order valence-electron chi connectivity index (χ2n) is 5.52. The van der Waals surface area contributed by atoms with Gasteiger partial charge in [-0.05, 0) is 25.5 Å². The van der Waals surface area contributed by atoms with Crippen LogP contribution in [-0.4, -0.2) is 38.5 Å². The van der Waals surface area contributed by atoms with Crippen molar-refractivity contribution in [2.24, 2.45) is 0 Å². The van der Waals surface area contributed by atoms with Crippen molar-refractivity contribution < 1.29 is 9.53 Å². The summed E-state index contributed by atoms with van der Waals surface area (Å²) in [5.41, 5.74) is 0.887. The van der Waals surface area contributed by atoms with Crippen LogP contribution in [0.4, 0.5) is 11.9 Å². The second-order valence-corrected chi connectivity index (χ2v) is 5.52. The Morgan fingerprint density at radius 2 is 2.00 bits per heavy atom. The Bertz CT molecular complexity index is 680. The van der Waals surface area contributed by atoms with Crippen molar-refractivity contribution in [3.63, 3.8) is 0 Å². The summed E-state index contributed by atoms with van der Waals surface area (Å²) in [5, 5.41) is 5.88. The fraction of sp³-hybridized carbons (Fsp3) is 0.471. The first-order valence-corrected chi connectivity index (χ1v) is 8.37. The van der Waals surface area contributed by atoms with Gasteiger partial charge in [0.15, 0.2) is 0 Å². The van der Waals surface area contributed by atoms with Gasteiger partial charge in [0.05, 0.1) is 24.9 Å². The highest BCUT2D eigenvalue weighted by atomic mass is 16.5. The number of carbonyl (C=O) groups excluding carboxylic acids is 1. The molecule has 0 aromatic carbocycles. The summed E-state index contributed by atoms with van der Waals surface area (Å²) in [6, 6.07) is 5.77. The maximum atomic E-state index is 11.5. The van der Waals surface area contributed by atoms with Crippen LogP contribution in [0.1, 0.15) is 38.2 Å². The maximum Gasteiger partial charge on any atom is 0.234 e. The summed E-state index contributed by atoms with van der Waals surface area (Å²) >= 11 is 0. The Labute approximate surface area is 147 Å². The normalized spacial score (nSPS) is 11.8. The quantitative estimate of drug-likeness (QED) is 0.720. The van der Waals surface area contributed by atoms with Gasteiger partial charge in [-0.15, -0.1) is 0 Å². The lowest BCUT2D eigenvalue weighted by Crippen LogP contribution is -2.26. The van der Waals surface area contributed by atoms with Crippen LogP contribution in [-0.2, 0) is 16.1 Å². The number of nitrogens with one attached hydrogen (secondary N) is 2. The van der Waals surface area contributed by atoms with Crippen molar-refractivity contribution in [1.29, 1.82) is 0 Å². The van der Waals surface area contributed by atoms with Crippen LogP contribution in [0.2, 0.25) is 0 Å². The lowest BCUT2D eigenvalue weighted by Gasteiger charge is -2.17. The van der Waals surface area contributed by atoms with E-state index in [1.54, 1.807) is 20.0 Å². The molecule has 0 spiro atoms. The number of rotatable bonds is 9. The minimum Gasteiger partial charge on any atom is -0.373 e. The van der Waals surface area contributed by atoms with Crippen molar-refractivity contribution >= 4 is 17.8 Å². The highest BCUT2D eigenvalue weighted by Gasteiger charge is 2.11. The minimum atomic E-state index is -0.137. The molecule has 0 fully saturated rings. The molecule has 1 amide bonds. The number of hydrogen-bond acceptors (Lipinski definition) is 7. The molecule has 2 N–H and O–H groups in total. The Kier molecular flexibility index (Phi) is 7.21. The van der Waals surface area contributed by atoms with Gasteiger partial charge in [0.1, 0.15) is 5.82 Å². The molecule has 1 unspecified atom stereocenters. The molecule has 8 heteroatoms. The van der Waals surface area contributed by atoms with E-state index in [4.69, 9.17) is 4.74 Å². The fourth-order valence-electron chi connectivity index (χ4n) is 2.05. The largest absolute Gasteiger partial charge is 0.373 e. The first-order valence-electron chi connectivity index (χ1n) is 8.37. The van der Waals surface area contributed by atoms with Gasteiger partial charge in [0, 0.05) is 12.6 Å². The van der Waals surface area contributed by atoms with E-state index in [0.717, 1.165) is 12.1 Å². The standard InChI is InChI=1S/C17H24N6O2/c1-4-13(10-25-11-14-8-6-7-9-18-14)21-16-19-12(3)20-17(23-16)22-15(24)5-2/h6-9,13H,4-5,10-11H2,1-3H3,(H2,19,20,21,22,23,24). The first kappa shape index (κ1) is 18.7. The summed E-state index contributed by atoms with van der Waals surface area (Å²) in [4.78, 5) is 28.4. The number of pyridine rings is 1. The molecule has 2 aromatic heterocycles. The maximum absolute atomic E-state index is 11.5. The Morgan fingerprint density at radius 1 is 1.20 bits per heavy atom. The van der Waals surface area contributed by atoms with Crippen molar-refractivity contribution in [1.82, 2.24) is 19.9 Å². The molecule has 0 radical (unpaired) electrons. The Hall–Kier alpha value is -2.61. The van der Waals surface area contributed by atoms with E-state index < -0.39 is 0 Å². The number of carbonyl (C=O) groups is 1. The Morgan fingerprint density at radius 3 is 2.68 bits per heavy atom. The van der Waals surface area contributed by atoms with Gasteiger partial charge >= 0.3 is 0 Å². The Balaban J connectivity index is 1.92. The molecule has 0 saturated heterocycles. The molecular formula is C17H24N6O2. The van der Waals surface area contributed by atoms with Gasteiger partial charge in [0.25, 0.3) is 0 Å². The number of nitrogens with zero attached hydrogens (tertiary/aromatic N) is 4. The first-order chi connectivity index (χ1) is 12.1. The molecule has 0 bridgehead atoms. The molecule has 25 heavy (non-hydrogen) atoms. The van der Waals surface area contributed by atoms with Crippen LogP contribution in [0.25, 0.3) is 0 Å². The number of aromatic nitrogens is 4. The van der Waals surface area contributed by atoms with Crippen LogP contribution in [0.3, 0.4) is 0 Å². The number of amides is 1. The van der Waals surface area contributed by atoms with Crippen LogP contribution in [0, 0.1) is 6.92 Å². The summed E-state index contributed by atoms with van der Waals surface area (Å²) in [6.45, 7) is 6.53. The molecule has 0 aliphatic heterocycles. The van der Waals surface area contributed by atoms with Gasteiger partial charge in [0.2, 0.25) is 17.8 Å². The lowest BCUT2D eigenvalue weighted by molar-refractivity contribution is -0.115. The van der Waals surface area contributed by atoms with E-state index in [9.17, 15) is 4.79 Å². The lowest BCUT2D eigenvalue weighted by atomic mass is 10.2. The van der Waals surface area contributed by atoms with Gasteiger partial charge in [-0.25, -0.2) is 0 Å². The molecule has 2 aromatic rings. The molecule has 0 aliphatic carbocycles. The topological polar surface area (TPSA) is 102 Å². The molecule has 1 atom stereocenters. The highest BCUT2D eigenvalue weighted by Crippen LogP contribution is 2.09. The van der Waals surface area contributed by atoms with E-state index in [0.29, 0.717) is 31.4 Å². The van der Waals surface area contributed by atoms with Gasteiger partial charge in [-0.3, -0.25) is 15.1 Å². The van der Waals surface area contributed by atoms with Crippen LogP contribution >= 0.6 is 0 Å². The molecule has 8 nitrogen and oxygen atoms in total. The number of anilines is 2. The zero-order valence-corrected chi connectivity index (χ0v) is 14.8. The SMILES string of the molecule is CCC(=O)Nc1nc(C)nc(NC(CC)COCc2ccccn2)n1. The van der Waals surface area contributed by atoms with Crippen molar-refractivity contribution in [3.8, 4) is 0 Å². The molecular weight excluding hydrogens is 320 g/mol. The predicted octanol–water partition coefficient (Wildman–Crippen LogP) is 2.33. The molecule has 2 rings (SSSR count). The third-order valence-electron chi connectivity index (χ3n) is 3.44. The molecule has 0 aliphatic rings. The predicted molar refractivity (Wildman–Crippen MR) is 95.1 cm³/mol. The fourth-order valence-corrected chi connectivity index (χ4v) is 2.05. The van der Waals surface area contributed by atoms with Crippen molar-refractivity contribution in [2.75, 3.05) is 17.2 Å². The van der Waals surface area contributed by atoms with Crippen molar-refractivity contribution in [3.05, 3.63) is 35.9 Å². The van der Waals surface area contributed by atoms with E-state index in [-0.39, 0.29) is 17.9 Å². The average Bonchev–Trinajstić information content (AvgIpc) is 2.61. The van der Waals surface area contributed by atoms with Crippen LogP contribution < -0.4 is 10.6 Å². The molecule has 134 valence electrons. The monoisotopic (exact) mass is 344 g/mol. The average molecular weight is 344 g/mol. The van der Waals surface area contributed by atoms with Crippen molar-refractivity contribution in [2.45, 2.75) is 46.3 Å². The zero-order chi connectivity index (χ0) is 18.1. The van der Waals surface area contributed by atoms with E-state index in [2.05, 4.69) is 37.5 Å². The minimum absolute atomic E-state index is 0.0419.